The van der Waals surface area contributed by atoms with E-state index in [1.54, 1.807) is 12.1 Å². The van der Waals surface area contributed by atoms with Crippen LogP contribution in [0.4, 0.5) is 0 Å². The predicted molar refractivity (Wildman–Crippen MR) is 110 cm³/mol. The van der Waals surface area contributed by atoms with E-state index in [4.69, 9.17) is 9.26 Å². The highest BCUT2D eigenvalue weighted by atomic mass is 16.5. The molecule has 152 valence electrons. The molecular weight excluding hydrogens is 384 g/mol. The molecule has 0 aliphatic carbocycles. The summed E-state index contributed by atoms with van der Waals surface area (Å²) in [6.45, 7) is 1.91. The number of carbonyl (C=O) groups is 1. The van der Waals surface area contributed by atoms with Crippen LogP contribution >= 0.6 is 0 Å². The lowest BCUT2D eigenvalue weighted by Gasteiger charge is -2.10. The Morgan fingerprint density at radius 2 is 1.87 bits per heavy atom. The van der Waals surface area contributed by atoms with E-state index in [1.807, 2.05) is 54.9 Å². The van der Waals surface area contributed by atoms with Crippen LogP contribution in [0.5, 0.6) is 0 Å². The van der Waals surface area contributed by atoms with E-state index in [1.165, 1.54) is 0 Å². The summed E-state index contributed by atoms with van der Waals surface area (Å²) in [5.74, 6) is 0.752. The highest BCUT2D eigenvalue weighted by molar-refractivity contribution is 5.78. The van der Waals surface area contributed by atoms with Gasteiger partial charge in [0, 0.05) is 19.0 Å². The van der Waals surface area contributed by atoms with Crippen LogP contribution in [0.1, 0.15) is 23.6 Å². The van der Waals surface area contributed by atoms with Crippen molar-refractivity contribution >= 4 is 16.9 Å². The molecule has 0 spiro atoms. The third-order valence-electron chi connectivity index (χ3n) is 4.80. The molecule has 2 aromatic heterocycles. The van der Waals surface area contributed by atoms with Crippen LogP contribution in [0, 0.1) is 6.92 Å². The fraction of sp³-hybridized carbons (Fsp3) is 0.227. The maximum atomic E-state index is 12.2. The lowest BCUT2D eigenvalue weighted by atomic mass is 10.1. The van der Waals surface area contributed by atoms with Gasteiger partial charge in [-0.1, -0.05) is 35.0 Å². The summed E-state index contributed by atoms with van der Waals surface area (Å²) in [4.78, 5) is 32.7. The Morgan fingerprint density at radius 1 is 1.10 bits per heavy atom. The number of hydrogen-bond donors (Lipinski definition) is 0. The molecule has 0 amide bonds. The highest BCUT2D eigenvalue weighted by Crippen LogP contribution is 2.18. The second kappa shape index (κ2) is 8.28. The molecule has 4 rings (SSSR count). The van der Waals surface area contributed by atoms with Gasteiger partial charge < -0.3 is 13.8 Å². The van der Waals surface area contributed by atoms with Gasteiger partial charge in [-0.05, 0) is 31.2 Å². The largest absolute Gasteiger partial charge is 0.457 e. The minimum absolute atomic E-state index is 0.0846. The molecule has 0 N–H and O–H groups in total. The van der Waals surface area contributed by atoms with Crippen molar-refractivity contribution in [1.82, 2.24) is 19.7 Å². The van der Waals surface area contributed by atoms with Gasteiger partial charge in [0.05, 0.1) is 17.3 Å². The van der Waals surface area contributed by atoms with Crippen molar-refractivity contribution in [1.29, 1.82) is 0 Å². The molecule has 0 atom stereocenters. The number of esters is 1. The second-order valence-corrected chi connectivity index (χ2v) is 6.95. The van der Waals surface area contributed by atoms with E-state index >= 15 is 0 Å². The molecule has 0 saturated carbocycles. The van der Waals surface area contributed by atoms with Crippen LogP contribution in [0.2, 0.25) is 0 Å². The first-order chi connectivity index (χ1) is 14.5. The van der Waals surface area contributed by atoms with Gasteiger partial charge in [0.15, 0.2) is 6.61 Å². The fourth-order valence-electron chi connectivity index (χ4n) is 3.12. The van der Waals surface area contributed by atoms with Gasteiger partial charge in [-0.25, -0.2) is 0 Å². The Labute approximate surface area is 172 Å². The molecule has 30 heavy (non-hydrogen) atoms. The van der Waals surface area contributed by atoms with E-state index in [9.17, 15) is 9.59 Å². The third kappa shape index (κ3) is 4.12. The number of benzene rings is 2. The smallest absolute Gasteiger partial charge is 0.306 e. The second-order valence-electron chi connectivity index (χ2n) is 6.95. The number of carbonyl (C=O) groups excluding carboxylic acids is 1. The minimum atomic E-state index is -0.431. The molecule has 2 heterocycles. The van der Waals surface area contributed by atoms with Crippen LogP contribution in [0.3, 0.4) is 0 Å². The zero-order valence-electron chi connectivity index (χ0n) is 16.7. The van der Waals surface area contributed by atoms with E-state index < -0.39 is 5.97 Å². The number of hydrogen-bond acceptors (Lipinski definition) is 7. The summed E-state index contributed by atoms with van der Waals surface area (Å²) in [5, 5.41) is 4.39. The van der Waals surface area contributed by atoms with Crippen molar-refractivity contribution in [3.05, 3.63) is 76.1 Å². The van der Waals surface area contributed by atoms with Crippen molar-refractivity contribution in [2.45, 2.75) is 26.4 Å². The number of aromatic nitrogens is 4. The van der Waals surface area contributed by atoms with E-state index in [0.717, 1.165) is 16.6 Å². The summed E-state index contributed by atoms with van der Waals surface area (Å²) >= 11 is 0. The Balaban J connectivity index is 1.36. The summed E-state index contributed by atoms with van der Waals surface area (Å²) in [6, 6.07) is 14.9. The zero-order valence-corrected chi connectivity index (χ0v) is 16.7. The molecule has 0 bridgehead atoms. The third-order valence-corrected chi connectivity index (χ3v) is 4.80. The van der Waals surface area contributed by atoms with Gasteiger partial charge in [-0.15, -0.1) is 0 Å². The number of fused-ring (bicyclic) bond motifs is 1. The Hall–Kier alpha value is -3.81. The van der Waals surface area contributed by atoms with Gasteiger partial charge in [-0.2, -0.15) is 9.97 Å². The molecule has 4 aromatic rings. The van der Waals surface area contributed by atoms with Crippen LogP contribution in [-0.4, -0.2) is 25.7 Å². The maximum Gasteiger partial charge on any atom is 0.306 e. The normalized spacial score (nSPS) is 11.0. The molecule has 0 aliphatic rings. The fourth-order valence-corrected chi connectivity index (χ4v) is 3.12. The van der Waals surface area contributed by atoms with Gasteiger partial charge in [0.2, 0.25) is 5.82 Å². The lowest BCUT2D eigenvalue weighted by molar-refractivity contribution is -0.145. The Morgan fingerprint density at radius 3 is 2.67 bits per heavy atom. The molecule has 2 aromatic carbocycles. The molecule has 0 fully saturated rings. The van der Waals surface area contributed by atoms with Crippen LogP contribution in [0.25, 0.3) is 22.4 Å². The summed E-state index contributed by atoms with van der Waals surface area (Å²) in [7, 11) is 1.82. The SMILES string of the molecule is Cc1ccc(-c2nc(COC(=O)CCc3nc(=O)c4ccccc4n3C)no2)cc1. The topological polar surface area (TPSA) is 100 Å². The monoisotopic (exact) mass is 404 g/mol. The molecule has 0 saturated heterocycles. The van der Waals surface area contributed by atoms with Crippen molar-refractivity contribution in [2.75, 3.05) is 0 Å². The Bertz CT molecular complexity index is 1260. The number of aryl methyl sites for hydroxylation is 3. The van der Waals surface area contributed by atoms with Crippen LogP contribution in [0.15, 0.2) is 57.8 Å². The number of nitrogens with zero attached hydrogens (tertiary/aromatic N) is 4. The van der Waals surface area contributed by atoms with E-state index in [0.29, 0.717) is 17.1 Å². The first-order valence-corrected chi connectivity index (χ1v) is 9.51. The van der Waals surface area contributed by atoms with E-state index in [-0.39, 0.29) is 30.8 Å². The molecule has 8 heteroatoms. The van der Waals surface area contributed by atoms with Crippen LogP contribution < -0.4 is 5.56 Å². The van der Waals surface area contributed by atoms with Crippen molar-refractivity contribution in [3.8, 4) is 11.5 Å². The number of para-hydroxylation sites is 1. The lowest BCUT2D eigenvalue weighted by Crippen LogP contribution is -2.18. The standard InChI is InChI=1S/C22H20N4O4/c1-14-7-9-15(10-8-14)22-23-18(25-30-22)13-29-20(27)12-11-19-24-21(28)16-5-3-4-6-17(16)26(19)2/h3-10H,11-13H2,1-2H3. The first kappa shape index (κ1) is 19.5. The summed E-state index contributed by atoms with van der Waals surface area (Å²) < 4.78 is 12.3. The van der Waals surface area contributed by atoms with Crippen molar-refractivity contribution in [3.63, 3.8) is 0 Å². The van der Waals surface area contributed by atoms with Gasteiger partial charge in [0.25, 0.3) is 11.4 Å². The van der Waals surface area contributed by atoms with Crippen LogP contribution in [-0.2, 0) is 29.6 Å². The molecule has 0 unspecified atom stereocenters. The highest BCUT2D eigenvalue weighted by Gasteiger charge is 2.13. The predicted octanol–water partition coefficient (Wildman–Crippen LogP) is 2.97. The number of rotatable bonds is 6. The minimum Gasteiger partial charge on any atom is -0.457 e. The first-order valence-electron chi connectivity index (χ1n) is 9.51. The average molecular weight is 404 g/mol. The van der Waals surface area contributed by atoms with E-state index in [2.05, 4.69) is 15.1 Å². The van der Waals surface area contributed by atoms with Crippen molar-refractivity contribution < 1.29 is 14.1 Å². The molecule has 0 aliphatic heterocycles. The summed E-state index contributed by atoms with van der Waals surface area (Å²) in [6.07, 6.45) is 0.373. The summed E-state index contributed by atoms with van der Waals surface area (Å²) in [5.41, 5.74) is 2.40. The average Bonchev–Trinajstić information content (AvgIpc) is 3.23. The Kier molecular flexibility index (Phi) is 5.38. The maximum absolute atomic E-state index is 12.2. The zero-order chi connectivity index (χ0) is 21.1. The quantitative estimate of drug-likeness (QED) is 0.456. The molecular formula is C22H20N4O4. The number of ether oxygens (including phenoxy) is 1. The molecule has 0 radical (unpaired) electrons. The van der Waals surface area contributed by atoms with Gasteiger partial charge in [-0.3, -0.25) is 9.59 Å². The molecule has 8 nitrogen and oxygen atoms in total. The van der Waals surface area contributed by atoms with Crippen molar-refractivity contribution in [2.24, 2.45) is 7.05 Å². The van der Waals surface area contributed by atoms with Gasteiger partial charge in [0.1, 0.15) is 5.82 Å². The van der Waals surface area contributed by atoms with Gasteiger partial charge >= 0.3 is 5.97 Å².